The van der Waals surface area contributed by atoms with E-state index in [1.165, 1.54) is 38.9 Å². The normalized spacial score (nSPS) is 13.8. The molecule has 2 aromatic carbocycles. The highest BCUT2D eigenvalue weighted by Gasteiger charge is 2.32. The number of aromatic nitrogens is 4. The zero-order valence-electron chi connectivity index (χ0n) is 24.5. The summed E-state index contributed by atoms with van der Waals surface area (Å²) < 4.78 is 80.7. The first-order valence-corrected chi connectivity index (χ1v) is 14.0. The molecule has 17 heteroatoms. The summed E-state index contributed by atoms with van der Waals surface area (Å²) in [5.74, 6) is -1.84. The summed E-state index contributed by atoms with van der Waals surface area (Å²) in [6.45, 7) is 2.64. The van der Waals surface area contributed by atoms with Gasteiger partial charge in [-0.25, -0.2) is 4.68 Å². The van der Waals surface area contributed by atoms with E-state index in [1.807, 2.05) is 0 Å². The van der Waals surface area contributed by atoms with Gasteiger partial charge in [-0.2, -0.15) is 13.2 Å². The molecule has 0 bridgehead atoms. The number of alkyl halides is 6. The highest BCUT2D eigenvalue weighted by atomic mass is 19.4. The van der Waals surface area contributed by atoms with Crippen molar-refractivity contribution in [3.63, 3.8) is 0 Å². The third-order valence-electron chi connectivity index (χ3n) is 7.23. The first kappa shape index (κ1) is 32.9. The van der Waals surface area contributed by atoms with Crippen LogP contribution in [-0.2, 0) is 12.7 Å². The lowest BCUT2D eigenvalue weighted by molar-refractivity contribution is -0.274. The number of rotatable bonds is 7. The van der Waals surface area contributed by atoms with Gasteiger partial charge in [0.05, 0.1) is 17.8 Å². The van der Waals surface area contributed by atoms with Crippen molar-refractivity contribution in [3.05, 3.63) is 101 Å². The lowest BCUT2D eigenvalue weighted by atomic mass is 10.1. The Morgan fingerprint density at radius 1 is 0.830 bits per heavy atom. The first-order valence-electron chi connectivity index (χ1n) is 14.0. The Morgan fingerprint density at radius 3 is 2.00 bits per heavy atom. The number of amides is 3. The molecule has 0 aliphatic carbocycles. The average Bonchev–Trinajstić information content (AvgIpc) is 3.39. The molecule has 0 radical (unpaired) electrons. The maximum absolute atomic E-state index is 13.2. The molecule has 47 heavy (non-hydrogen) atoms. The maximum Gasteiger partial charge on any atom is 0.573 e. The van der Waals surface area contributed by atoms with Crippen LogP contribution in [0.2, 0.25) is 0 Å². The van der Waals surface area contributed by atoms with Crippen LogP contribution in [0.4, 0.5) is 32.0 Å². The van der Waals surface area contributed by atoms with Crippen molar-refractivity contribution in [1.82, 2.24) is 29.8 Å². The number of nitrogens with one attached hydrogen (secondary N) is 1. The van der Waals surface area contributed by atoms with Crippen LogP contribution < -0.4 is 10.1 Å². The summed E-state index contributed by atoms with van der Waals surface area (Å²) in [6, 6.07) is 11.7. The molecule has 0 saturated carbocycles. The Morgan fingerprint density at radius 2 is 1.45 bits per heavy atom. The summed E-state index contributed by atoms with van der Waals surface area (Å²) in [5, 5.41) is 10.6. The monoisotopic (exact) mass is 661 g/mol. The SMILES string of the molecule is Cc1c(C(=O)N2CCN(C(=O)c3ccc(OC(F)(F)F)cc3)CC2)nnn1Cc1ccc(C(=O)Nc2ccc(C(F)(F)F)cc2)nc1. The predicted octanol–water partition coefficient (Wildman–Crippen LogP) is 4.80. The van der Waals surface area contributed by atoms with E-state index in [4.69, 9.17) is 0 Å². The number of nitrogens with zero attached hydrogens (tertiary/aromatic N) is 6. The Hall–Kier alpha value is -5.48. The number of hydrogen-bond donors (Lipinski definition) is 1. The Kier molecular flexibility index (Phi) is 9.17. The molecule has 1 N–H and O–H groups in total. The van der Waals surface area contributed by atoms with Crippen molar-refractivity contribution < 1.29 is 45.5 Å². The van der Waals surface area contributed by atoms with Crippen molar-refractivity contribution in [2.45, 2.75) is 26.0 Å². The molecule has 246 valence electrons. The largest absolute Gasteiger partial charge is 0.573 e. The van der Waals surface area contributed by atoms with Crippen LogP contribution in [0.5, 0.6) is 5.75 Å². The second kappa shape index (κ2) is 13.1. The summed E-state index contributed by atoms with van der Waals surface area (Å²) in [7, 11) is 0. The Labute approximate surface area is 262 Å². The van der Waals surface area contributed by atoms with Gasteiger partial charge in [-0.05, 0) is 67.1 Å². The molecule has 0 atom stereocenters. The molecular formula is C30H25F6N7O4. The van der Waals surface area contributed by atoms with E-state index in [0.717, 1.165) is 36.4 Å². The van der Waals surface area contributed by atoms with Crippen LogP contribution in [0.1, 0.15) is 48.2 Å². The number of benzene rings is 2. The smallest absolute Gasteiger partial charge is 0.406 e. The van der Waals surface area contributed by atoms with E-state index < -0.39 is 35.7 Å². The molecule has 0 unspecified atom stereocenters. The minimum Gasteiger partial charge on any atom is -0.406 e. The van der Waals surface area contributed by atoms with E-state index in [9.17, 15) is 40.7 Å². The number of anilines is 1. The molecule has 0 spiro atoms. The molecule has 4 aromatic rings. The summed E-state index contributed by atoms with van der Waals surface area (Å²) in [5.41, 5.74) is 0.766. The molecule has 3 amide bonds. The average molecular weight is 662 g/mol. The fourth-order valence-electron chi connectivity index (χ4n) is 4.72. The number of carbonyl (C=O) groups is 3. The second-order valence-electron chi connectivity index (χ2n) is 10.4. The number of pyridine rings is 1. The first-order chi connectivity index (χ1) is 22.2. The molecule has 11 nitrogen and oxygen atoms in total. The predicted molar refractivity (Wildman–Crippen MR) is 152 cm³/mol. The van der Waals surface area contributed by atoms with Crippen molar-refractivity contribution in [3.8, 4) is 5.75 Å². The van der Waals surface area contributed by atoms with Crippen LogP contribution in [0.25, 0.3) is 0 Å². The van der Waals surface area contributed by atoms with E-state index in [2.05, 4.69) is 25.3 Å². The molecule has 1 saturated heterocycles. The molecule has 1 aliphatic heterocycles. The van der Waals surface area contributed by atoms with Gasteiger partial charge >= 0.3 is 12.5 Å². The van der Waals surface area contributed by atoms with Gasteiger partial charge in [-0.15, -0.1) is 18.3 Å². The van der Waals surface area contributed by atoms with Crippen LogP contribution in [0, 0.1) is 6.92 Å². The van der Waals surface area contributed by atoms with Gasteiger partial charge < -0.3 is 19.9 Å². The number of piperazine rings is 1. The van der Waals surface area contributed by atoms with Gasteiger partial charge in [-0.1, -0.05) is 11.3 Å². The molecule has 5 rings (SSSR count). The van der Waals surface area contributed by atoms with Gasteiger partial charge in [0.15, 0.2) is 5.69 Å². The van der Waals surface area contributed by atoms with E-state index in [1.54, 1.807) is 13.0 Å². The number of hydrogen-bond acceptors (Lipinski definition) is 7. The van der Waals surface area contributed by atoms with Gasteiger partial charge in [0.1, 0.15) is 11.4 Å². The minimum absolute atomic E-state index is 0.0323. The number of carbonyl (C=O) groups excluding carboxylic acids is 3. The van der Waals surface area contributed by atoms with Crippen molar-refractivity contribution in [1.29, 1.82) is 0 Å². The summed E-state index contributed by atoms with van der Waals surface area (Å²) in [4.78, 5) is 45.7. The molecule has 3 heterocycles. The highest BCUT2D eigenvalue weighted by molar-refractivity contribution is 6.02. The fourth-order valence-corrected chi connectivity index (χ4v) is 4.72. The Balaban J connectivity index is 1.14. The topological polar surface area (TPSA) is 123 Å². The third kappa shape index (κ3) is 8.03. The van der Waals surface area contributed by atoms with Crippen molar-refractivity contribution in [2.24, 2.45) is 0 Å². The lowest BCUT2D eigenvalue weighted by Gasteiger charge is -2.34. The standard InChI is InChI=1S/C30H25F6N7O4/c1-18-25(28(46)42-14-12-41(13-15-42)27(45)20-3-9-23(10-4-20)47-30(34,35)36)39-40-43(18)17-19-2-11-24(37-16-19)26(44)38-22-7-5-21(6-8-22)29(31,32)33/h2-11,16H,12-15,17H2,1H3,(H,38,44). The minimum atomic E-state index is -4.84. The summed E-state index contributed by atoms with van der Waals surface area (Å²) >= 11 is 0. The number of halogens is 6. The second-order valence-corrected chi connectivity index (χ2v) is 10.4. The zero-order chi connectivity index (χ0) is 33.9. The molecule has 1 aliphatic rings. The van der Waals surface area contributed by atoms with Crippen LogP contribution >= 0.6 is 0 Å². The maximum atomic E-state index is 13.2. The summed E-state index contributed by atoms with van der Waals surface area (Å²) in [6.07, 6.45) is -7.90. The zero-order valence-corrected chi connectivity index (χ0v) is 24.5. The third-order valence-corrected chi connectivity index (χ3v) is 7.23. The quantitative estimate of drug-likeness (QED) is 0.283. The van der Waals surface area contributed by atoms with Crippen LogP contribution in [0.15, 0.2) is 66.9 Å². The van der Waals surface area contributed by atoms with Crippen molar-refractivity contribution >= 4 is 23.4 Å². The fraction of sp³-hybridized carbons (Fsp3) is 0.267. The number of ether oxygens (including phenoxy) is 1. The van der Waals surface area contributed by atoms with E-state index in [-0.39, 0.29) is 61.3 Å². The highest BCUT2D eigenvalue weighted by Crippen LogP contribution is 2.30. The molecular weight excluding hydrogens is 636 g/mol. The molecule has 2 aromatic heterocycles. The van der Waals surface area contributed by atoms with Gasteiger partial charge in [0, 0.05) is 43.6 Å². The van der Waals surface area contributed by atoms with Gasteiger partial charge in [0.25, 0.3) is 17.7 Å². The molecule has 1 fully saturated rings. The van der Waals surface area contributed by atoms with Crippen LogP contribution in [0.3, 0.4) is 0 Å². The van der Waals surface area contributed by atoms with E-state index >= 15 is 0 Å². The lowest BCUT2D eigenvalue weighted by Crippen LogP contribution is -2.50. The Bertz CT molecular complexity index is 1750. The van der Waals surface area contributed by atoms with Crippen LogP contribution in [-0.4, -0.2) is 80.0 Å². The van der Waals surface area contributed by atoms with Gasteiger partial charge in [-0.3, -0.25) is 19.4 Å². The van der Waals surface area contributed by atoms with Crippen molar-refractivity contribution in [2.75, 3.05) is 31.5 Å². The van der Waals surface area contributed by atoms with Gasteiger partial charge in [0.2, 0.25) is 0 Å². The van der Waals surface area contributed by atoms with E-state index in [0.29, 0.717) is 11.3 Å².